The number of aromatic nitrogens is 5. The first-order valence-electron chi connectivity index (χ1n) is 8.61. The number of sulfone groups is 1. The lowest BCUT2D eigenvalue weighted by Gasteiger charge is -2.12. The summed E-state index contributed by atoms with van der Waals surface area (Å²) in [6, 6.07) is 5.47. The molecule has 30 heavy (non-hydrogen) atoms. The Bertz CT molecular complexity index is 1420. The van der Waals surface area contributed by atoms with Crippen LogP contribution in [0.15, 0.2) is 35.4 Å². The second-order valence-corrected chi connectivity index (χ2v) is 9.15. The van der Waals surface area contributed by atoms with E-state index in [1.807, 2.05) is 0 Å². The number of pyridine rings is 1. The van der Waals surface area contributed by atoms with Crippen molar-refractivity contribution in [2.75, 3.05) is 5.75 Å². The summed E-state index contributed by atoms with van der Waals surface area (Å²) in [5.74, 6) is -0.145. The number of halogens is 4. The highest BCUT2D eigenvalue weighted by molar-refractivity contribution is 7.91. The third kappa shape index (κ3) is 3.27. The molecule has 7 nitrogen and oxygen atoms in total. The minimum absolute atomic E-state index is 0.0146. The molecular formula is C18H13ClF3N5O2S. The van der Waals surface area contributed by atoms with Crippen LogP contribution in [0.2, 0.25) is 5.02 Å². The van der Waals surface area contributed by atoms with Crippen LogP contribution in [0, 0.1) is 0 Å². The first-order chi connectivity index (χ1) is 14.0. The molecule has 0 amide bonds. The van der Waals surface area contributed by atoms with Crippen LogP contribution in [0.1, 0.15) is 12.6 Å². The third-order valence-electron chi connectivity index (χ3n) is 4.62. The molecule has 0 N–H and O–H groups in total. The zero-order valence-corrected chi connectivity index (χ0v) is 17.1. The maximum absolute atomic E-state index is 13.0. The Morgan fingerprint density at radius 3 is 2.57 bits per heavy atom. The smallest absolute Gasteiger partial charge is 0.309 e. The average molecular weight is 456 g/mol. The number of aryl methyl sites for hydroxylation is 1. The Morgan fingerprint density at radius 2 is 1.90 bits per heavy atom. The van der Waals surface area contributed by atoms with Crippen LogP contribution in [0.3, 0.4) is 0 Å². The van der Waals surface area contributed by atoms with Crippen molar-refractivity contribution in [2.24, 2.45) is 7.05 Å². The number of hydrogen-bond donors (Lipinski definition) is 0. The van der Waals surface area contributed by atoms with Gasteiger partial charge in [-0.1, -0.05) is 24.6 Å². The van der Waals surface area contributed by atoms with Gasteiger partial charge in [-0.05, 0) is 12.1 Å². The maximum Gasteiger partial charge on any atom is 0.435 e. The van der Waals surface area contributed by atoms with Crippen molar-refractivity contribution in [3.05, 3.63) is 41.2 Å². The molecule has 0 saturated heterocycles. The molecule has 4 aromatic rings. The Morgan fingerprint density at radius 1 is 1.17 bits per heavy atom. The fraction of sp³-hybridized carbons (Fsp3) is 0.222. The van der Waals surface area contributed by atoms with Crippen LogP contribution in [0.25, 0.3) is 33.5 Å². The molecule has 4 rings (SSSR count). The summed E-state index contributed by atoms with van der Waals surface area (Å²) in [4.78, 5) is 8.40. The fourth-order valence-corrected chi connectivity index (χ4v) is 4.55. The van der Waals surface area contributed by atoms with Crippen LogP contribution >= 0.6 is 11.6 Å². The van der Waals surface area contributed by atoms with Crippen LogP contribution in [0.4, 0.5) is 13.2 Å². The topological polar surface area (TPSA) is 90.6 Å². The van der Waals surface area contributed by atoms with Crippen molar-refractivity contribution in [2.45, 2.75) is 18.0 Å². The summed E-state index contributed by atoms with van der Waals surface area (Å²) < 4.78 is 66.1. The molecular weight excluding hydrogens is 443 g/mol. The van der Waals surface area contributed by atoms with Gasteiger partial charge in [-0.15, -0.1) is 10.2 Å². The van der Waals surface area contributed by atoms with Gasteiger partial charge < -0.3 is 4.57 Å². The van der Waals surface area contributed by atoms with Crippen molar-refractivity contribution in [3.8, 4) is 11.5 Å². The van der Waals surface area contributed by atoms with Crippen molar-refractivity contribution < 1.29 is 21.6 Å². The molecule has 0 unspecified atom stereocenters. The molecule has 1 aromatic carbocycles. The number of nitrogens with zero attached hydrogens (tertiary/aromatic N) is 5. The van der Waals surface area contributed by atoms with E-state index in [0.29, 0.717) is 15.8 Å². The number of alkyl halides is 3. The highest BCUT2D eigenvalue weighted by Crippen LogP contribution is 2.35. The zero-order valence-electron chi connectivity index (χ0n) is 15.6. The Balaban J connectivity index is 2.06. The van der Waals surface area contributed by atoms with E-state index in [1.54, 1.807) is 18.2 Å². The zero-order chi connectivity index (χ0) is 21.8. The van der Waals surface area contributed by atoms with E-state index in [2.05, 4.69) is 20.2 Å². The predicted molar refractivity (Wildman–Crippen MR) is 105 cm³/mol. The van der Waals surface area contributed by atoms with Gasteiger partial charge in [0.1, 0.15) is 16.1 Å². The standard InChI is InChI=1S/C18H13ClF3N5O2S/c1-3-30(28,29)15-11-5-4-10(19)6-9(11)8-23-14(15)17-24-12-7-13(18(20,21)22)25-26-16(12)27(17)2/h4-8H,3H2,1-2H3. The van der Waals surface area contributed by atoms with Gasteiger partial charge in [0.05, 0.1) is 5.75 Å². The minimum atomic E-state index is -4.68. The summed E-state index contributed by atoms with van der Waals surface area (Å²) in [5, 5.41) is 8.13. The van der Waals surface area contributed by atoms with Crippen molar-refractivity contribution >= 4 is 43.4 Å². The third-order valence-corrected chi connectivity index (χ3v) is 6.65. The SMILES string of the molecule is CCS(=O)(=O)c1c(-c2nc3cc(C(F)(F)F)nnc3n2C)ncc2cc(Cl)ccc12. The molecule has 0 spiro atoms. The maximum atomic E-state index is 13.0. The summed E-state index contributed by atoms with van der Waals surface area (Å²) in [5.41, 5.74) is -1.19. The van der Waals surface area contributed by atoms with Gasteiger partial charge in [-0.3, -0.25) is 4.98 Å². The van der Waals surface area contributed by atoms with Gasteiger partial charge in [0.15, 0.2) is 27.0 Å². The average Bonchev–Trinajstić information content (AvgIpc) is 3.02. The summed E-state index contributed by atoms with van der Waals surface area (Å²) in [6.07, 6.45) is -3.24. The summed E-state index contributed by atoms with van der Waals surface area (Å²) >= 11 is 6.01. The molecule has 0 atom stereocenters. The van der Waals surface area contributed by atoms with Crippen LogP contribution in [-0.2, 0) is 23.1 Å². The van der Waals surface area contributed by atoms with E-state index >= 15 is 0 Å². The van der Waals surface area contributed by atoms with Gasteiger partial charge in [0.2, 0.25) is 0 Å². The second kappa shape index (κ2) is 6.88. The molecule has 0 aliphatic carbocycles. The van der Waals surface area contributed by atoms with E-state index < -0.39 is 21.7 Å². The molecule has 156 valence electrons. The van der Waals surface area contributed by atoms with E-state index in [1.165, 1.54) is 24.7 Å². The summed E-state index contributed by atoms with van der Waals surface area (Å²) in [7, 11) is -2.27. The lowest BCUT2D eigenvalue weighted by molar-refractivity contribution is -0.141. The number of fused-ring (bicyclic) bond motifs is 2. The fourth-order valence-electron chi connectivity index (χ4n) is 3.12. The summed E-state index contributed by atoms with van der Waals surface area (Å²) in [6.45, 7) is 1.49. The monoisotopic (exact) mass is 455 g/mol. The number of hydrogen-bond acceptors (Lipinski definition) is 6. The van der Waals surface area contributed by atoms with Crippen LogP contribution in [-0.4, -0.2) is 38.9 Å². The van der Waals surface area contributed by atoms with Crippen LogP contribution in [0.5, 0.6) is 0 Å². The lowest BCUT2D eigenvalue weighted by Crippen LogP contribution is -2.10. The first-order valence-corrected chi connectivity index (χ1v) is 10.6. The van der Waals surface area contributed by atoms with Crippen molar-refractivity contribution in [1.29, 1.82) is 0 Å². The van der Waals surface area contributed by atoms with Gasteiger partial charge in [-0.2, -0.15) is 13.2 Å². The molecule has 3 heterocycles. The first kappa shape index (κ1) is 20.5. The van der Waals surface area contributed by atoms with Gasteiger partial charge in [0, 0.05) is 35.1 Å². The molecule has 0 bridgehead atoms. The highest BCUT2D eigenvalue weighted by atomic mass is 35.5. The van der Waals surface area contributed by atoms with Crippen LogP contribution < -0.4 is 0 Å². The predicted octanol–water partition coefficient (Wildman–Crippen LogP) is 4.04. The van der Waals surface area contributed by atoms with E-state index in [0.717, 1.165) is 6.07 Å². The largest absolute Gasteiger partial charge is 0.435 e. The van der Waals surface area contributed by atoms with Gasteiger partial charge in [-0.25, -0.2) is 13.4 Å². The Kier molecular flexibility index (Phi) is 4.70. The molecule has 0 radical (unpaired) electrons. The molecule has 0 aliphatic rings. The van der Waals surface area contributed by atoms with Gasteiger partial charge in [0.25, 0.3) is 0 Å². The molecule has 12 heteroatoms. The Labute approximate surface area is 173 Å². The van der Waals surface area contributed by atoms with E-state index in [4.69, 9.17) is 11.6 Å². The Hall–Kier alpha value is -2.79. The van der Waals surface area contributed by atoms with Crippen molar-refractivity contribution in [3.63, 3.8) is 0 Å². The molecule has 0 aliphatic heterocycles. The normalized spacial score (nSPS) is 12.7. The second-order valence-electron chi connectivity index (χ2n) is 6.50. The van der Waals surface area contributed by atoms with Crippen molar-refractivity contribution in [1.82, 2.24) is 24.7 Å². The van der Waals surface area contributed by atoms with Gasteiger partial charge >= 0.3 is 6.18 Å². The highest BCUT2D eigenvalue weighted by Gasteiger charge is 2.34. The lowest BCUT2D eigenvalue weighted by atomic mass is 10.1. The quantitative estimate of drug-likeness (QED) is 0.463. The molecule has 0 fully saturated rings. The number of imidazole rings is 1. The van der Waals surface area contributed by atoms with E-state index in [9.17, 15) is 21.6 Å². The molecule has 3 aromatic heterocycles. The number of rotatable bonds is 3. The molecule has 0 saturated carbocycles. The minimum Gasteiger partial charge on any atom is -0.309 e. The number of benzene rings is 1. The van der Waals surface area contributed by atoms with E-state index in [-0.39, 0.29) is 33.3 Å².